The van der Waals surface area contributed by atoms with E-state index in [9.17, 15) is 0 Å². The highest BCUT2D eigenvalue weighted by molar-refractivity contribution is 6.50. The molecule has 4 heteroatoms. The topological polar surface area (TPSA) is 86.6 Å². The van der Waals surface area contributed by atoms with Crippen LogP contribution in [0, 0.1) is 10.8 Å². The molecule has 0 spiro atoms. The summed E-state index contributed by atoms with van der Waals surface area (Å²) in [5, 5.41) is 23.3. The zero-order valence-corrected chi connectivity index (χ0v) is 24.5. The van der Waals surface area contributed by atoms with Crippen LogP contribution >= 0.6 is 0 Å². The van der Waals surface area contributed by atoms with E-state index in [0.29, 0.717) is 0 Å². The first-order valence-electron chi connectivity index (χ1n) is 14.8. The van der Waals surface area contributed by atoms with Crippen LogP contribution in [0.2, 0.25) is 0 Å². The van der Waals surface area contributed by atoms with Crippen molar-refractivity contribution in [2.75, 3.05) is 5.73 Å². The Balaban J connectivity index is 0.000000209. The van der Waals surface area contributed by atoms with E-state index in [1.54, 1.807) is 18.5 Å². The third-order valence-electron chi connectivity index (χ3n) is 8.22. The molecule has 0 radical (unpaired) electrons. The summed E-state index contributed by atoms with van der Waals surface area (Å²) >= 11 is 0. The molecule has 1 aliphatic carbocycles. The average Bonchev–Trinajstić information content (AvgIpc) is 3.09. The monoisotopic (exact) mass is 578 g/mol. The first-order valence-corrected chi connectivity index (χ1v) is 14.8. The Morgan fingerprint density at radius 2 is 1.00 bits per heavy atom. The van der Waals surface area contributed by atoms with E-state index in [1.165, 1.54) is 32.7 Å². The van der Waals surface area contributed by atoms with Crippen molar-refractivity contribution in [2.45, 2.75) is 0 Å². The van der Waals surface area contributed by atoms with E-state index >= 15 is 0 Å². The Bertz CT molecular complexity index is 2230. The third-order valence-corrected chi connectivity index (χ3v) is 8.22. The molecule has 214 valence electrons. The Hall–Kier alpha value is -6.13. The number of hydrogen-bond donors (Lipinski definition) is 3. The number of rotatable bonds is 3. The lowest BCUT2D eigenvalue weighted by Gasteiger charge is -2.20. The second kappa shape index (κ2) is 11.9. The summed E-state index contributed by atoms with van der Waals surface area (Å²) in [5.74, 6) is 0. The first kappa shape index (κ1) is 27.7. The third kappa shape index (κ3) is 5.30. The van der Waals surface area contributed by atoms with E-state index < -0.39 is 0 Å². The van der Waals surface area contributed by atoms with Gasteiger partial charge in [-0.05, 0) is 102 Å². The van der Waals surface area contributed by atoms with E-state index in [0.717, 1.165) is 38.7 Å². The molecule has 1 aliphatic rings. The zero-order valence-electron chi connectivity index (χ0n) is 24.5. The maximum absolute atomic E-state index is 8.21. The van der Waals surface area contributed by atoms with Crippen molar-refractivity contribution >= 4 is 55.0 Å². The molecule has 0 amide bonds. The molecule has 0 unspecified atom stereocenters. The number of hydrogen-bond acceptors (Lipinski definition) is 4. The van der Waals surface area contributed by atoms with Crippen LogP contribution in [0.5, 0.6) is 0 Å². The highest BCUT2D eigenvalue weighted by atomic mass is 14.6. The Morgan fingerprint density at radius 1 is 0.467 bits per heavy atom. The van der Waals surface area contributed by atoms with Gasteiger partial charge < -0.3 is 5.73 Å². The second-order valence-electron chi connectivity index (χ2n) is 11.0. The number of allylic oxidation sites excluding steroid dienone is 4. The van der Waals surface area contributed by atoms with Gasteiger partial charge in [0.25, 0.3) is 0 Å². The summed E-state index contributed by atoms with van der Waals surface area (Å²) in [4.78, 5) is 3.96. The van der Waals surface area contributed by atoms with E-state index in [4.69, 9.17) is 16.6 Å². The van der Waals surface area contributed by atoms with Gasteiger partial charge in [-0.25, -0.2) is 0 Å². The summed E-state index contributed by atoms with van der Waals surface area (Å²) in [6.45, 7) is 0. The summed E-state index contributed by atoms with van der Waals surface area (Å²) in [6, 6.07) is 43.9. The lowest BCUT2D eigenvalue weighted by molar-refractivity contribution is 1.33. The van der Waals surface area contributed by atoms with Gasteiger partial charge in [0.1, 0.15) is 0 Å². The number of nitrogen functional groups attached to an aromatic ring is 1. The minimum atomic E-state index is 0.244. The molecule has 1 heterocycles. The largest absolute Gasteiger partial charge is 0.399 e. The molecule has 0 atom stereocenters. The van der Waals surface area contributed by atoms with Crippen molar-refractivity contribution in [3.8, 4) is 22.3 Å². The van der Waals surface area contributed by atoms with Gasteiger partial charge in [0.15, 0.2) is 0 Å². The Labute approximate surface area is 261 Å². The van der Waals surface area contributed by atoms with Crippen LogP contribution in [0.3, 0.4) is 0 Å². The lowest BCUT2D eigenvalue weighted by atomic mass is 9.83. The van der Waals surface area contributed by atoms with Crippen LogP contribution in [-0.4, -0.2) is 16.4 Å². The van der Waals surface area contributed by atoms with Crippen LogP contribution in [0.15, 0.2) is 158 Å². The van der Waals surface area contributed by atoms with Crippen molar-refractivity contribution in [3.05, 3.63) is 164 Å². The molecule has 7 aromatic rings. The fraction of sp³-hybridized carbons (Fsp3) is 0. The molecular weight excluding hydrogens is 548 g/mol. The molecule has 6 aromatic carbocycles. The Morgan fingerprint density at radius 3 is 1.62 bits per heavy atom. The van der Waals surface area contributed by atoms with Crippen LogP contribution in [-0.2, 0) is 0 Å². The quantitative estimate of drug-likeness (QED) is 0.111. The van der Waals surface area contributed by atoms with Gasteiger partial charge in [-0.3, -0.25) is 15.8 Å². The molecule has 4 N–H and O–H groups in total. The van der Waals surface area contributed by atoms with E-state index in [-0.39, 0.29) is 11.4 Å². The summed E-state index contributed by atoms with van der Waals surface area (Å²) < 4.78 is 0. The molecular formula is C41H30N4. The fourth-order valence-electron chi connectivity index (χ4n) is 6.09. The number of benzene rings is 6. The fourth-order valence-corrected chi connectivity index (χ4v) is 6.09. The molecule has 0 saturated heterocycles. The zero-order chi connectivity index (χ0) is 30.8. The van der Waals surface area contributed by atoms with E-state index in [2.05, 4.69) is 96.0 Å². The van der Waals surface area contributed by atoms with Gasteiger partial charge in [-0.15, -0.1) is 0 Å². The molecule has 4 nitrogen and oxygen atoms in total. The predicted octanol–water partition coefficient (Wildman–Crippen LogP) is 10.1. The smallest absolute Gasteiger partial charge is 0.0795 e. The van der Waals surface area contributed by atoms with Gasteiger partial charge in [-0.2, -0.15) is 0 Å². The van der Waals surface area contributed by atoms with E-state index in [1.807, 2.05) is 48.6 Å². The predicted molar refractivity (Wildman–Crippen MR) is 191 cm³/mol. The molecule has 0 aliphatic heterocycles. The summed E-state index contributed by atoms with van der Waals surface area (Å²) in [5.41, 5.74) is 13.8. The number of aromatic nitrogens is 1. The van der Waals surface area contributed by atoms with Gasteiger partial charge in [-0.1, -0.05) is 109 Å². The molecule has 45 heavy (non-hydrogen) atoms. The minimum Gasteiger partial charge on any atom is -0.399 e. The van der Waals surface area contributed by atoms with Crippen molar-refractivity contribution in [1.29, 1.82) is 10.8 Å². The molecule has 0 bridgehead atoms. The molecule has 0 fully saturated rings. The standard InChI is InChI=1S/C30H20N2.C11H10N2/c31-27-17-16-20(18-28(27)32)29-23-11-3-5-13-25(23)30(26-14-6-4-12-24(26)29)22-15-7-9-19-8-1-2-10-21(19)22;12-11-3-1-9(2-4-11)10-5-7-13-8-6-10/h1-18,31-32H;1-8H,12H2. The molecule has 1 aromatic heterocycles. The summed E-state index contributed by atoms with van der Waals surface area (Å²) in [7, 11) is 0. The van der Waals surface area contributed by atoms with Crippen LogP contribution in [0.25, 0.3) is 60.1 Å². The number of nitrogens with two attached hydrogens (primary N) is 1. The van der Waals surface area contributed by atoms with Crippen molar-refractivity contribution in [1.82, 2.24) is 4.98 Å². The minimum absolute atomic E-state index is 0.244. The van der Waals surface area contributed by atoms with Crippen LogP contribution in [0.4, 0.5) is 5.69 Å². The van der Waals surface area contributed by atoms with Crippen LogP contribution in [0.1, 0.15) is 5.56 Å². The van der Waals surface area contributed by atoms with Crippen LogP contribution < -0.4 is 5.73 Å². The SMILES string of the molecule is N=C1C=CC(c2c3ccccc3c(-c3cccc4ccccc34)c3ccccc23)=CC1=N.Nc1ccc(-c2ccncc2)cc1. The van der Waals surface area contributed by atoms with Crippen molar-refractivity contribution in [2.24, 2.45) is 0 Å². The highest BCUT2D eigenvalue weighted by Gasteiger charge is 2.19. The van der Waals surface area contributed by atoms with Gasteiger partial charge in [0.2, 0.25) is 0 Å². The number of nitrogens with one attached hydrogen (secondary N) is 2. The number of fused-ring (bicyclic) bond motifs is 3. The molecule has 8 rings (SSSR count). The van der Waals surface area contributed by atoms with Crippen molar-refractivity contribution in [3.63, 3.8) is 0 Å². The maximum atomic E-state index is 8.21. The number of nitrogens with zero attached hydrogens (tertiary/aromatic N) is 1. The Kier molecular flexibility index (Phi) is 7.30. The number of anilines is 1. The second-order valence-corrected chi connectivity index (χ2v) is 11.0. The maximum Gasteiger partial charge on any atom is 0.0795 e. The lowest BCUT2D eigenvalue weighted by Crippen LogP contribution is -2.10. The first-order chi connectivity index (χ1) is 22.1. The average molecular weight is 579 g/mol. The summed E-state index contributed by atoms with van der Waals surface area (Å²) in [6.07, 6.45) is 9.07. The molecule has 0 saturated carbocycles. The normalized spacial score (nSPS) is 12.7. The highest BCUT2D eigenvalue weighted by Crippen LogP contribution is 2.44. The number of pyridine rings is 1. The van der Waals surface area contributed by atoms with Gasteiger partial charge in [0.05, 0.1) is 11.4 Å². The van der Waals surface area contributed by atoms with Gasteiger partial charge >= 0.3 is 0 Å². The van der Waals surface area contributed by atoms with Crippen molar-refractivity contribution < 1.29 is 0 Å². The van der Waals surface area contributed by atoms with Gasteiger partial charge in [0, 0.05) is 18.1 Å².